The number of rotatable bonds is 6. The molecule has 0 spiro atoms. The van der Waals surface area contributed by atoms with Crippen molar-refractivity contribution in [1.29, 1.82) is 0 Å². The minimum absolute atomic E-state index is 0.00363. The van der Waals surface area contributed by atoms with Crippen molar-refractivity contribution in [2.45, 2.75) is 30.5 Å². The summed E-state index contributed by atoms with van der Waals surface area (Å²) in [6, 6.07) is 13.0. The fourth-order valence-corrected chi connectivity index (χ4v) is 3.46. The van der Waals surface area contributed by atoms with Crippen LogP contribution in [0.4, 0.5) is 4.39 Å². The zero-order chi connectivity index (χ0) is 15.2. The van der Waals surface area contributed by atoms with Crippen LogP contribution in [-0.4, -0.2) is 6.54 Å². The van der Waals surface area contributed by atoms with Gasteiger partial charge < -0.3 is 5.32 Å². The maximum Gasteiger partial charge on any atom is 0.129 e. The van der Waals surface area contributed by atoms with E-state index in [1.165, 1.54) is 11.6 Å². The second kappa shape index (κ2) is 7.83. The molecule has 0 aliphatic carbocycles. The van der Waals surface area contributed by atoms with E-state index in [0.717, 1.165) is 27.8 Å². The molecule has 0 bridgehead atoms. The normalized spacial score (nSPS) is 12.4. The van der Waals surface area contributed by atoms with Gasteiger partial charge in [0, 0.05) is 27.3 Å². The van der Waals surface area contributed by atoms with Crippen molar-refractivity contribution in [1.82, 2.24) is 5.32 Å². The van der Waals surface area contributed by atoms with Gasteiger partial charge >= 0.3 is 0 Å². The first-order valence-electron chi connectivity index (χ1n) is 7.01. The molecule has 0 saturated carbocycles. The summed E-state index contributed by atoms with van der Waals surface area (Å²) in [7, 11) is 0. The van der Waals surface area contributed by atoms with Crippen LogP contribution in [0.3, 0.4) is 0 Å². The first-order chi connectivity index (χ1) is 10.1. The predicted octanol–water partition coefficient (Wildman–Crippen LogP) is 5.44. The van der Waals surface area contributed by atoms with Gasteiger partial charge in [0.1, 0.15) is 5.82 Å². The van der Waals surface area contributed by atoms with E-state index < -0.39 is 0 Å². The standard InChI is InChI=1S/C17H19ClFNS/c1-3-20-12(2)17-15(19)5-4-6-16(17)21-11-13-7-9-14(18)10-8-13/h4-10,12,20H,3,11H2,1-2H3. The highest BCUT2D eigenvalue weighted by atomic mass is 35.5. The third kappa shape index (κ3) is 4.47. The molecule has 1 nitrogen and oxygen atoms in total. The van der Waals surface area contributed by atoms with Gasteiger partial charge in [-0.3, -0.25) is 0 Å². The van der Waals surface area contributed by atoms with Gasteiger partial charge in [0.2, 0.25) is 0 Å². The molecule has 0 fully saturated rings. The molecule has 0 amide bonds. The summed E-state index contributed by atoms with van der Waals surface area (Å²) < 4.78 is 14.1. The Balaban J connectivity index is 2.15. The largest absolute Gasteiger partial charge is 0.310 e. The van der Waals surface area contributed by atoms with E-state index in [1.54, 1.807) is 17.8 Å². The fourth-order valence-electron chi connectivity index (χ4n) is 2.21. The third-order valence-corrected chi connectivity index (χ3v) is 4.66. The minimum atomic E-state index is -0.149. The molecule has 1 unspecified atom stereocenters. The van der Waals surface area contributed by atoms with Gasteiger partial charge in [0.25, 0.3) is 0 Å². The molecule has 21 heavy (non-hydrogen) atoms. The Bertz CT molecular complexity index is 586. The topological polar surface area (TPSA) is 12.0 Å². The van der Waals surface area contributed by atoms with E-state index in [2.05, 4.69) is 5.32 Å². The maximum absolute atomic E-state index is 14.1. The van der Waals surface area contributed by atoms with Crippen molar-refractivity contribution in [2.24, 2.45) is 0 Å². The number of halogens is 2. The van der Waals surface area contributed by atoms with E-state index in [-0.39, 0.29) is 11.9 Å². The number of thioether (sulfide) groups is 1. The highest BCUT2D eigenvalue weighted by Gasteiger charge is 2.15. The average Bonchev–Trinajstić information content (AvgIpc) is 2.47. The SMILES string of the molecule is CCNC(C)c1c(F)cccc1SCc1ccc(Cl)cc1. The van der Waals surface area contributed by atoms with Gasteiger partial charge in [-0.05, 0) is 43.3 Å². The number of hydrogen-bond donors (Lipinski definition) is 1. The molecule has 2 aromatic carbocycles. The van der Waals surface area contributed by atoms with Crippen LogP contribution in [-0.2, 0) is 5.75 Å². The Kier molecular flexibility index (Phi) is 6.09. The zero-order valence-corrected chi connectivity index (χ0v) is 13.8. The number of hydrogen-bond acceptors (Lipinski definition) is 2. The molecule has 0 aliphatic rings. The molecule has 4 heteroatoms. The second-order valence-electron chi connectivity index (χ2n) is 4.85. The van der Waals surface area contributed by atoms with E-state index >= 15 is 0 Å². The molecule has 0 aromatic heterocycles. The van der Waals surface area contributed by atoms with E-state index in [4.69, 9.17) is 11.6 Å². The van der Waals surface area contributed by atoms with Crippen LogP contribution in [0.1, 0.15) is 31.0 Å². The monoisotopic (exact) mass is 323 g/mol. The molecule has 2 aromatic rings. The Hall–Kier alpha value is -1.03. The summed E-state index contributed by atoms with van der Waals surface area (Å²) in [5.74, 6) is 0.650. The van der Waals surface area contributed by atoms with Crippen LogP contribution in [0.25, 0.3) is 0 Å². The van der Waals surface area contributed by atoms with Crippen LogP contribution >= 0.6 is 23.4 Å². The van der Waals surface area contributed by atoms with Gasteiger partial charge in [-0.15, -0.1) is 11.8 Å². The van der Waals surface area contributed by atoms with Gasteiger partial charge in [-0.1, -0.05) is 36.7 Å². The lowest BCUT2D eigenvalue weighted by atomic mass is 10.1. The second-order valence-corrected chi connectivity index (χ2v) is 6.30. The Morgan fingerprint density at radius 1 is 1.19 bits per heavy atom. The van der Waals surface area contributed by atoms with Gasteiger partial charge in [-0.2, -0.15) is 0 Å². The molecule has 0 heterocycles. The van der Waals surface area contributed by atoms with Crippen LogP contribution in [0, 0.1) is 5.82 Å². The summed E-state index contributed by atoms with van der Waals surface area (Å²) in [5.41, 5.74) is 1.93. The van der Waals surface area contributed by atoms with E-state index in [0.29, 0.717) is 0 Å². The summed E-state index contributed by atoms with van der Waals surface area (Å²) in [6.45, 7) is 4.84. The van der Waals surface area contributed by atoms with Gasteiger partial charge in [0.15, 0.2) is 0 Å². The molecule has 0 aliphatic heterocycles. The van der Waals surface area contributed by atoms with Crippen molar-refractivity contribution in [3.8, 4) is 0 Å². The fraction of sp³-hybridized carbons (Fsp3) is 0.294. The lowest BCUT2D eigenvalue weighted by molar-refractivity contribution is 0.531. The van der Waals surface area contributed by atoms with Gasteiger partial charge in [-0.25, -0.2) is 4.39 Å². The summed E-state index contributed by atoms with van der Waals surface area (Å²) in [5, 5.41) is 4.01. The molecule has 2 rings (SSSR count). The maximum atomic E-state index is 14.1. The average molecular weight is 324 g/mol. The number of nitrogens with one attached hydrogen (secondary N) is 1. The van der Waals surface area contributed by atoms with Gasteiger partial charge in [0.05, 0.1) is 0 Å². The first kappa shape index (κ1) is 16.3. The molecule has 112 valence electrons. The van der Waals surface area contributed by atoms with Crippen molar-refractivity contribution in [3.63, 3.8) is 0 Å². The smallest absolute Gasteiger partial charge is 0.129 e. The van der Waals surface area contributed by atoms with Crippen molar-refractivity contribution >= 4 is 23.4 Å². The highest BCUT2D eigenvalue weighted by molar-refractivity contribution is 7.98. The minimum Gasteiger partial charge on any atom is -0.310 e. The lowest BCUT2D eigenvalue weighted by Crippen LogP contribution is -2.19. The van der Waals surface area contributed by atoms with Crippen LogP contribution in [0.2, 0.25) is 5.02 Å². The Labute approximate surface area is 134 Å². The highest BCUT2D eigenvalue weighted by Crippen LogP contribution is 2.32. The van der Waals surface area contributed by atoms with Crippen molar-refractivity contribution in [3.05, 3.63) is 64.4 Å². The van der Waals surface area contributed by atoms with E-state index in [9.17, 15) is 4.39 Å². The molecule has 1 atom stereocenters. The van der Waals surface area contributed by atoms with Crippen LogP contribution < -0.4 is 5.32 Å². The van der Waals surface area contributed by atoms with Crippen molar-refractivity contribution in [2.75, 3.05) is 6.54 Å². The Morgan fingerprint density at radius 3 is 2.57 bits per heavy atom. The third-order valence-electron chi connectivity index (χ3n) is 3.26. The summed E-state index contributed by atoms with van der Waals surface area (Å²) >= 11 is 7.54. The molecular formula is C17H19ClFNS. The Morgan fingerprint density at radius 2 is 1.90 bits per heavy atom. The lowest BCUT2D eigenvalue weighted by Gasteiger charge is -2.17. The molecule has 0 radical (unpaired) electrons. The van der Waals surface area contributed by atoms with Crippen LogP contribution in [0.5, 0.6) is 0 Å². The predicted molar refractivity (Wildman–Crippen MR) is 89.5 cm³/mol. The van der Waals surface area contributed by atoms with Crippen molar-refractivity contribution < 1.29 is 4.39 Å². The first-order valence-corrected chi connectivity index (χ1v) is 8.37. The molecule has 0 saturated heterocycles. The summed E-state index contributed by atoms with van der Waals surface area (Å²) in [6.07, 6.45) is 0. The number of benzene rings is 2. The van der Waals surface area contributed by atoms with E-state index in [1.807, 2.05) is 44.2 Å². The summed E-state index contributed by atoms with van der Waals surface area (Å²) in [4.78, 5) is 0.985. The van der Waals surface area contributed by atoms with Crippen LogP contribution in [0.15, 0.2) is 47.4 Å². The molecule has 1 N–H and O–H groups in total. The quantitative estimate of drug-likeness (QED) is 0.710. The zero-order valence-electron chi connectivity index (χ0n) is 12.2. The molecular weight excluding hydrogens is 305 g/mol.